The van der Waals surface area contributed by atoms with Gasteiger partial charge in [-0.25, -0.2) is 4.79 Å². The van der Waals surface area contributed by atoms with E-state index < -0.39 is 35.6 Å². The first-order valence-corrected chi connectivity index (χ1v) is 14.9. The topological polar surface area (TPSA) is 108 Å². The molecule has 3 amide bonds. The number of para-hydroxylation sites is 1. The number of nitrogens with zero attached hydrogens (tertiary/aromatic N) is 1. The van der Waals surface area contributed by atoms with Crippen LogP contribution in [0.25, 0.3) is 0 Å². The van der Waals surface area contributed by atoms with Gasteiger partial charge < -0.3 is 25.4 Å². The summed E-state index contributed by atoms with van der Waals surface area (Å²) in [5, 5.41) is 16.2. The summed E-state index contributed by atoms with van der Waals surface area (Å²) >= 11 is 0. The average molecular weight is 588 g/mol. The van der Waals surface area contributed by atoms with Crippen molar-refractivity contribution in [3.8, 4) is 5.75 Å². The van der Waals surface area contributed by atoms with Crippen LogP contribution < -0.4 is 10.6 Å². The van der Waals surface area contributed by atoms with Crippen LogP contribution in [0, 0.1) is 13.8 Å². The second-order valence-corrected chi connectivity index (χ2v) is 11.9. The summed E-state index contributed by atoms with van der Waals surface area (Å²) in [6.07, 6.45) is 1.89. The third-order valence-electron chi connectivity index (χ3n) is 7.03. The molecule has 230 valence electrons. The second-order valence-electron chi connectivity index (χ2n) is 11.9. The highest BCUT2D eigenvalue weighted by Crippen LogP contribution is 2.29. The fraction of sp³-hybridized carbons (Fsp3) is 0.400. The van der Waals surface area contributed by atoms with Crippen molar-refractivity contribution in [2.75, 3.05) is 11.9 Å². The van der Waals surface area contributed by atoms with Gasteiger partial charge in [0.15, 0.2) is 0 Å². The first-order valence-electron chi connectivity index (χ1n) is 14.9. The van der Waals surface area contributed by atoms with Gasteiger partial charge >= 0.3 is 6.09 Å². The molecule has 0 aliphatic heterocycles. The standard InChI is InChI=1S/C35H45N3O5/c1-7-8-12-21-38(33(41)29(22-26-17-10-9-11-18-26)36-34(42)43-35(4,5)6)31(27-19-14-20-28(39)23-27)32(40)37-30-24(2)15-13-16-25(30)3/h9-11,13-20,23,29,31,39H,7-8,12,21-22H2,1-6H3,(H,36,42)(H,37,40). The van der Waals surface area contributed by atoms with Crippen molar-refractivity contribution in [1.29, 1.82) is 0 Å². The molecule has 0 saturated heterocycles. The van der Waals surface area contributed by atoms with Crippen molar-refractivity contribution >= 4 is 23.6 Å². The number of phenols is 1. The highest BCUT2D eigenvalue weighted by Gasteiger charge is 2.36. The van der Waals surface area contributed by atoms with Gasteiger partial charge in [-0.05, 0) is 75.4 Å². The molecular formula is C35H45N3O5. The number of ether oxygens (including phenoxy) is 1. The molecule has 3 aromatic rings. The molecule has 0 aliphatic carbocycles. The number of aromatic hydroxyl groups is 1. The SMILES string of the molecule is CCCCCN(C(=O)C(Cc1ccccc1)NC(=O)OC(C)(C)C)C(C(=O)Nc1c(C)cccc1C)c1cccc(O)c1. The molecule has 3 N–H and O–H groups in total. The molecule has 8 heteroatoms. The van der Waals surface area contributed by atoms with Crippen LogP contribution in [0.4, 0.5) is 10.5 Å². The van der Waals surface area contributed by atoms with Crippen molar-refractivity contribution < 1.29 is 24.2 Å². The summed E-state index contributed by atoms with van der Waals surface area (Å²) in [6, 6.07) is 19.5. The van der Waals surface area contributed by atoms with Gasteiger partial charge in [0.2, 0.25) is 5.91 Å². The van der Waals surface area contributed by atoms with Crippen molar-refractivity contribution in [3.05, 3.63) is 95.1 Å². The summed E-state index contributed by atoms with van der Waals surface area (Å²) in [4.78, 5) is 43.2. The minimum absolute atomic E-state index is 0.0176. The smallest absolute Gasteiger partial charge is 0.408 e. The zero-order valence-corrected chi connectivity index (χ0v) is 26.1. The van der Waals surface area contributed by atoms with E-state index in [1.54, 1.807) is 32.9 Å². The molecule has 0 saturated carbocycles. The van der Waals surface area contributed by atoms with E-state index >= 15 is 0 Å². The highest BCUT2D eigenvalue weighted by molar-refractivity contribution is 6.00. The van der Waals surface area contributed by atoms with Gasteiger partial charge in [0.1, 0.15) is 23.4 Å². The van der Waals surface area contributed by atoms with Crippen LogP contribution in [0.5, 0.6) is 5.75 Å². The lowest BCUT2D eigenvalue weighted by Crippen LogP contribution is -2.53. The Bertz CT molecular complexity index is 1360. The molecule has 0 aromatic heterocycles. The van der Waals surface area contributed by atoms with Gasteiger partial charge in [-0.2, -0.15) is 0 Å². The number of aryl methyl sites for hydroxylation is 2. The molecule has 2 atom stereocenters. The number of amides is 3. The summed E-state index contributed by atoms with van der Waals surface area (Å²) < 4.78 is 5.51. The lowest BCUT2D eigenvalue weighted by atomic mass is 9.99. The third kappa shape index (κ3) is 9.87. The summed E-state index contributed by atoms with van der Waals surface area (Å²) in [7, 11) is 0. The number of rotatable bonds is 12. The number of hydrogen-bond donors (Lipinski definition) is 3. The van der Waals surface area contributed by atoms with Crippen molar-refractivity contribution in [1.82, 2.24) is 10.2 Å². The number of carbonyl (C=O) groups excluding carboxylic acids is 3. The normalized spacial score (nSPS) is 12.6. The Labute approximate surface area is 255 Å². The molecule has 0 radical (unpaired) electrons. The predicted octanol–water partition coefficient (Wildman–Crippen LogP) is 6.84. The van der Waals surface area contributed by atoms with E-state index in [2.05, 4.69) is 17.6 Å². The monoisotopic (exact) mass is 587 g/mol. The van der Waals surface area contributed by atoms with Crippen LogP contribution >= 0.6 is 0 Å². The molecule has 8 nitrogen and oxygen atoms in total. The van der Waals surface area contributed by atoms with Gasteiger partial charge in [-0.3, -0.25) is 9.59 Å². The number of alkyl carbamates (subject to hydrolysis) is 1. The Morgan fingerprint density at radius 1 is 0.907 bits per heavy atom. The Morgan fingerprint density at radius 3 is 2.16 bits per heavy atom. The van der Waals surface area contributed by atoms with E-state index in [1.165, 1.54) is 17.0 Å². The van der Waals surface area contributed by atoms with Gasteiger partial charge in [0.05, 0.1) is 0 Å². The minimum Gasteiger partial charge on any atom is -0.508 e. The Morgan fingerprint density at radius 2 is 1.56 bits per heavy atom. The van der Waals surface area contributed by atoms with E-state index in [9.17, 15) is 19.5 Å². The molecule has 3 aromatic carbocycles. The van der Waals surface area contributed by atoms with Crippen LogP contribution in [-0.2, 0) is 20.7 Å². The van der Waals surface area contributed by atoms with E-state index in [0.29, 0.717) is 17.7 Å². The maximum atomic E-state index is 14.5. The Kier molecular flexibility index (Phi) is 11.8. The van der Waals surface area contributed by atoms with Crippen LogP contribution in [0.15, 0.2) is 72.8 Å². The maximum Gasteiger partial charge on any atom is 0.408 e. The second kappa shape index (κ2) is 15.2. The Balaban J connectivity index is 2.09. The fourth-order valence-electron chi connectivity index (χ4n) is 4.97. The summed E-state index contributed by atoms with van der Waals surface area (Å²) in [6.45, 7) is 11.4. The largest absolute Gasteiger partial charge is 0.508 e. The van der Waals surface area contributed by atoms with Gasteiger partial charge in [-0.1, -0.05) is 80.4 Å². The molecule has 0 heterocycles. The molecule has 0 aliphatic rings. The molecule has 3 rings (SSSR count). The molecule has 0 fully saturated rings. The molecule has 43 heavy (non-hydrogen) atoms. The van der Waals surface area contributed by atoms with Crippen LogP contribution in [0.3, 0.4) is 0 Å². The van der Waals surface area contributed by atoms with Crippen LogP contribution in [-0.4, -0.2) is 46.1 Å². The van der Waals surface area contributed by atoms with Gasteiger partial charge in [-0.15, -0.1) is 0 Å². The Hall–Kier alpha value is -4.33. The van der Waals surface area contributed by atoms with E-state index in [1.807, 2.05) is 62.4 Å². The molecule has 0 bridgehead atoms. The lowest BCUT2D eigenvalue weighted by molar-refractivity contribution is -0.140. The van der Waals surface area contributed by atoms with Crippen LogP contribution in [0.1, 0.15) is 75.3 Å². The fourth-order valence-corrected chi connectivity index (χ4v) is 4.97. The minimum atomic E-state index is -1.07. The molecule has 0 spiro atoms. The summed E-state index contributed by atoms with van der Waals surface area (Å²) in [5.41, 5.74) is 3.00. The number of hydrogen-bond acceptors (Lipinski definition) is 5. The van der Waals surface area contributed by atoms with Gasteiger partial charge in [0, 0.05) is 18.7 Å². The quantitative estimate of drug-likeness (QED) is 0.201. The number of unbranched alkanes of at least 4 members (excludes halogenated alkanes) is 2. The number of anilines is 1. The number of phenolic OH excluding ortho intramolecular Hbond substituents is 1. The number of nitrogens with one attached hydrogen (secondary N) is 2. The van der Waals surface area contributed by atoms with E-state index in [-0.39, 0.29) is 18.7 Å². The first kappa shape index (κ1) is 33.2. The van der Waals surface area contributed by atoms with Crippen molar-refractivity contribution in [3.63, 3.8) is 0 Å². The van der Waals surface area contributed by atoms with Crippen molar-refractivity contribution in [2.24, 2.45) is 0 Å². The van der Waals surface area contributed by atoms with Crippen LogP contribution in [0.2, 0.25) is 0 Å². The van der Waals surface area contributed by atoms with Gasteiger partial charge in [0.25, 0.3) is 5.91 Å². The lowest BCUT2D eigenvalue weighted by Gasteiger charge is -2.35. The first-order chi connectivity index (χ1) is 20.4. The maximum absolute atomic E-state index is 14.5. The van der Waals surface area contributed by atoms with Crippen molar-refractivity contribution in [2.45, 2.75) is 84.9 Å². The summed E-state index contributed by atoms with van der Waals surface area (Å²) in [5.74, 6) is -0.851. The average Bonchev–Trinajstić information content (AvgIpc) is 2.93. The molecule has 2 unspecified atom stereocenters. The van der Waals surface area contributed by atoms with E-state index in [4.69, 9.17) is 4.74 Å². The molecular weight excluding hydrogens is 542 g/mol. The zero-order valence-electron chi connectivity index (χ0n) is 26.1. The highest BCUT2D eigenvalue weighted by atomic mass is 16.6. The number of carbonyl (C=O) groups is 3. The van der Waals surface area contributed by atoms with E-state index in [0.717, 1.165) is 29.5 Å². The zero-order chi connectivity index (χ0) is 31.6. The third-order valence-corrected chi connectivity index (χ3v) is 7.03. The number of benzene rings is 3. The predicted molar refractivity (Wildman–Crippen MR) is 170 cm³/mol.